The van der Waals surface area contributed by atoms with Crippen LogP contribution in [0.2, 0.25) is 0 Å². The van der Waals surface area contributed by atoms with Gasteiger partial charge in [-0.05, 0) is 42.8 Å². The van der Waals surface area contributed by atoms with Crippen LogP contribution in [0.25, 0.3) is 10.4 Å². The summed E-state index contributed by atoms with van der Waals surface area (Å²) in [5, 5.41) is 6.32. The summed E-state index contributed by atoms with van der Waals surface area (Å²) < 4.78 is 0. The fourth-order valence-corrected chi connectivity index (χ4v) is 1.81. The summed E-state index contributed by atoms with van der Waals surface area (Å²) in [4.78, 5) is 14.3. The molecule has 0 saturated heterocycles. The van der Waals surface area contributed by atoms with E-state index in [0.717, 1.165) is 19.3 Å². The standard InChI is InChI=1S/C14H20N4O/c1-12-6-2-3-7-13(12)8-9-14(19)16-10-4-5-11-17-18-15/h2-3,6-7H,4-5,8-11H2,1H3,(H,16,19). The normalized spacial score (nSPS) is 9.74. The molecule has 0 aliphatic rings. The highest BCUT2D eigenvalue weighted by Gasteiger charge is 2.03. The summed E-state index contributed by atoms with van der Waals surface area (Å²) in [5.74, 6) is 0.0760. The van der Waals surface area contributed by atoms with Crippen molar-refractivity contribution in [2.75, 3.05) is 13.1 Å². The highest BCUT2D eigenvalue weighted by Crippen LogP contribution is 2.09. The Bertz CT molecular complexity index is 453. The van der Waals surface area contributed by atoms with Crippen LogP contribution in [-0.2, 0) is 11.2 Å². The van der Waals surface area contributed by atoms with Gasteiger partial charge in [0.2, 0.25) is 5.91 Å². The molecule has 5 heteroatoms. The van der Waals surface area contributed by atoms with E-state index >= 15 is 0 Å². The summed E-state index contributed by atoms with van der Waals surface area (Å²) in [5.41, 5.74) is 10.5. The molecule has 0 radical (unpaired) electrons. The van der Waals surface area contributed by atoms with E-state index in [1.807, 2.05) is 12.1 Å². The van der Waals surface area contributed by atoms with Gasteiger partial charge < -0.3 is 5.32 Å². The van der Waals surface area contributed by atoms with Gasteiger partial charge in [-0.1, -0.05) is 29.4 Å². The molecule has 0 heterocycles. The lowest BCUT2D eigenvalue weighted by molar-refractivity contribution is -0.121. The largest absolute Gasteiger partial charge is 0.356 e. The van der Waals surface area contributed by atoms with Gasteiger partial charge in [0.25, 0.3) is 0 Å². The minimum absolute atomic E-state index is 0.0760. The topological polar surface area (TPSA) is 77.9 Å². The van der Waals surface area contributed by atoms with Crippen LogP contribution in [0, 0.1) is 6.92 Å². The fourth-order valence-electron chi connectivity index (χ4n) is 1.81. The van der Waals surface area contributed by atoms with E-state index in [4.69, 9.17) is 5.53 Å². The number of carbonyl (C=O) groups is 1. The SMILES string of the molecule is Cc1ccccc1CCC(=O)NCCCCN=[N+]=[N-]. The van der Waals surface area contributed by atoms with Crippen molar-refractivity contribution in [3.8, 4) is 0 Å². The molecule has 1 aromatic rings. The lowest BCUT2D eigenvalue weighted by Crippen LogP contribution is -2.24. The van der Waals surface area contributed by atoms with Crippen LogP contribution in [0.3, 0.4) is 0 Å². The number of rotatable bonds is 8. The molecule has 0 aromatic heterocycles. The molecular weight excluding hydrogens is 240 g/mol. The quantitative estimate of drug-likeness (QED) is 0.331. The predicted molar refractivity (Wildman–Crippen MR) is 75.8 cm³/mol. The van der Waals surface area contributed by atoms with Gasteiger partial charge >= 0.3 is 0 Å². The Morgan fingerprint density at radius 1 is 1.37 bits per heavy atom. The number of nitrogens with one attached hydrogen (secondary N) is 1. The minimum Gasteiger partial charge on any atom is -0.356 e. The van der Waals surface area contributed by atoms with Crippen molar-refractivity contribution in [1.29, 1.82) is 0 Å². The molecule has 19 heavy (non-hydrogen) atoms. The van der Waals surface area contributed by atoms with Crippen LogP contribution < -0.4 is 5.32 Å². The van der Waals surface area contributed by atoms with E-state index in [-0.39, 0.29) is 5.91 Å². The van der Waals surface area contributed by atoms with E-state index in [2.05, 4.69) is 34.4 Å². The Labute approximate surface area is 113 Å². The highest BCUT2D eigenvalue weighted by molar-refractivity contribution is 5.76. The molecule has 0 atom stereocenters. The predicted octanol–water partition coefficient (Wildman–Crippen LogP) is 3.13. The highest BCUT2D eigenvalue weighted by atomic mass is 16.1. The Balaban J connectivity index is 2.15. The number of amides is 1. The van der Waals surface area contributed by atoms with Crippen LogP contribution >= 0.6 is 0 Å². The number of nitrogens with zero attached hydrogens (tertiary/aromatic N) is 3. The van der Waals surface area contributed by atoms with Crippen molar-refractivity contribution in [1.82, 2.24) is 5.32 Å². The number of benzene rings is 1. The molecule has 1 aromatic carbocycles. The van der Waals surface area contributed by atoms with Crippen molar-refractivity contribution in [3.63, 3.8) is 0 Å². The zero-order valence-corrected chi connectivity index (χ0v) is 11.3. The summed E-state index contributed by atoms with van der Waals surface area (Å²) in [6.07, 6.45) is 2.94. The molecule has 1 N–H and O–H groups in total. The third-order valence-corrected chi connectivity index (χ3v) is 2.95. The molecule has 0 aliphatic heterocycles. The summed E-state index contributed by atoms with van der Waals surface area (Å²) in [6.45, 7) is 3.20. The van der Waals surface area contributed by atoms with E-state index < -0.39 is 0 Å². The third kappa shape index (κ3) is 6.48. The van der Waals surface area contributed by atoms with Crippen molar-refractivity contribution in [2.45, 2.75) is 32.6 Å². The zero-order valence-electron chi connectivity index (χ0n) is 11.3. The summed E-state index contributed by atoms with van der Waals surface area (Å²) in [6, 6.07) is 8.12. The van der Waals surface area contributed by atoms with Crippen LogP contribution in [-0.4, -0.2) is 19.0 Å². The molecule has 102 valence electrons. The minimum atomic E-state index is 0.0760. The number of unbranched alkanes of at least 4 members (excludes halogenated alkanes) is 1. The molecule has 0 aliphatic carbocycles. The monoisotopic (exact) mass is 260 g/mol. The second-order valence-corrected chi connectivity index (χ2v) is 4.44. The lowest BCUT2D eigenvalue weighted by Gasteiger charge is -2.06. The first-order valence-electron chi connectivity index (χ1n) is 6.56. The molecule has 0 saturated carbocycles. The number of hydrogen-bond acceptors (Lipinski definition) is 2. The molecule has 1 amide bonds. The van der Waals surface area contributed by atoms with Gasteiger partial charge in [0, 0.05) is 24.4 Å². The second-order valence-electron chi connectivity index (χ2n) is 4.44. The third-order valence-electron chi connectivity index (χ3n) is 2.95. The van der Waals surface area contributed by atoms with Gasteiger partial charge in [-0.25, -0.2) is 0 Å². The van der Waals surface area contributed by atoms with Gasteiger partial charge in [0.05, 0.1) is 0 Å². The maximum Gasteiger partial charge on any atom is 0.220 e. The van der Waals surface area contributed by atoms with Gasteiger partial charge in [-0.2, -0.15) is 0 Å². The molecule has 0 spiro atoms. The number of aryl methyl sites for hydroxylation is 2. The van der Waals surface area contributed by atoms with Crippen molar-refractivity contribution in [2.24, 2.45) is 5.11 Å². The Kier molecular flexibility index (Phi) is 7.13. The first kappa shape index (κ1) is 15.1. The summed E-state index contributed by atoms with van der Waals surface area (Å²) >= 11 is 0. The molecule has 0 unspecified atom stereocenters. The molecule has 0 bridgehead atoms. The van der Waals surface area contributed by atoms with Crippen LogP contribution in [0.1, 0.15) is 30.4 Å². The van der Waals surface area contributed by atoms with E-state index in [1.54, 1.807) is 0 Å². The average molecular weight is 260 g/mol. The first-order valence-corrected chi connectivity index (χ1v) is 6.56. The number of azide groups is 1. The van der Waals surface area contributed by atoms with Gasteiger partial charge in [-0.15, -0.1) is 0 Å². The Morgan fingerprint density at radius 2 is 2.16 bits per heavy atom. The maximum atomic E-state index is 11.6. The van der Waals surface area contributed by atoms with Crippen molar-refractivity contribution >= 4 is 5.91 Å². The molecule has 1 rings (SSSR count). The maximum absolute atomic E-state index is 11.6. The zero-order chi connectivity index (χ0) is 13.9. The van der Waals surface area contributed by atoms with Gasteiger partial charge in [-0.3, -0.25) is 4.79 Å². The number of carbonyl (C=O) groups excluding carboxylic acids is 1. The van der Waals surface area contributed by atoms with E-state index in [9.17, 15) is 4.79 Å². The van der Waals surface area contributed by atoms with E-state index in [0.29, 0.717) is 19.5 Å². The molecule has 0 fully saturated rings. The molecular formula is C14H20N4O. The van der Waals surface area contributed by atoms with Crippen LogP contribution in [0.4, 0.5) is 0 Å². The fraction of sp³-hybridized carbons (Fsp3) is 0.500. The van der Waals surface area contributed by atoms with E-state index in [1.165, 1.54) is 11.1 Å². The van der Waals surface area contributed by atoms with Gasteiger partial charge in [0.15, 0.2) is 0 Å². The molecule has 5 nitrogen and oxygen atoms in total. The summed E-state index contributed by atoms with van der Waals surface area (Å²) in [7, 11) is 0. The first-order chi connectivity index (χ1) is 9.24. The van der Waals surface area contributed by atoms with Crippen LogP contribution in [0.15, 0.2) is 29.4 Å². The van der Waals surface area contributed by atoms with Crippen molar-refractivity contribution < 1.29 is 4.79 Å². The van der Waals surface area contributed by atoms with Crippen molar-refractivity contribution in [3.05, 3.63) is 45.8 Å². The Hall–Kier alpha value is -2.00. The van der Waals surface area contributed by atoms with Gasteiger partial charge in [0.1, 0.15) is 0 Å². The van der Waals surface area contributed by atoms with Crippen LogP contribution in [0.5, 0.6) is 0 Å². The second kappa shape index (κ2) is 9.00. The number of hydrogen-bond donors (Lipinski definition) is 1. The smallest absolute Gasteiger partial charge is 0.220 e. The lowest BCUT2D eigenvalue weighted by atomic mass is 10.0. The Morgan fingerprint density at radius 3 is 2.89 bits per heavy atom. The average Bonchev–Trinajstić information content (AvgIpc) is 2.42.